The van der Waals surface area contributed by atoms with E-state index in [-0.39, 0.29) is 10.6 Å². The standard InChI is InChI=1S/C16H24NO2S/c1-2-3-4-5-6-7-8-9-13-20-16-12-10-11-15(14-16)17(18)19/h10,12,14H,2-9,13H2,1H3. The predicted molar refractivity (Wildman–Crippen MR) is 85.3 cm³/mol. The summed E-state index contributed by atoms with van der Waals surface area (Å²) >= 11 is 1.70. The molecule has 0 atom stereocenters. The first-order valence-corrected chi connectivity index (χ1v) is 8.51. The molecule has 0 aliphatic carbocycles. The van der Waals surface area contributed by atoms with Crippen molar-refractivity contribution in [2.24, 2.45) is 0 Å². The smallest absolute Gasteiger partial charge is 0.258 e. The minimum Gasteiger partial charge on any atom is -0.258 e. The maximum atomic E-state index is 10.6. The molecule has 0 aliphatic heterocycles. The van der Waals surface area contributed by atoms with E-state index in [9.17, 15) is 10.1 Å². The highest BCUT2D eigenvalue weighted by molar-refractivity contribution is 7.99. The third kappa shape index (κ3) is 7.53. The minimum atomic E-state index is -0.389. The van der Waals surface area contributed by atoms with E-state index in [0.717, 1.165) is 10.6 Å². The fourth-order valence-corrected chi connectivity index (χ4v) is 3.00. The second-order valence-corrected chi connectivity index (χ2v) is 6.16. The van der Waals surface area contributed by atoms with Gasteiger partial charge in [-0.3, -0.25) is 10.1 Å². The van der Waals surface area contributed by atoms with Crippen molar-refractivity contribution >= 4 is 17.4 Å². The van der Waals surface area contributed by atoms with Crippen LogP contribution in [0.15, 0.2) is 23.1 Å². The molecule has 0 aliphatic rings. The highest BCUT2D eigenvalue weighted by atomic mass is 32.2. The molecule has 3 nitrogen and oxygen atoms in total. The van der Waals surface area contributed by atoms with Crippen molar-refractivity contribution in [2.75, 3.05) is 5.75 Å². The van der Waals surface area contributed by atoms with Gasteiger partial charge in [-0.1, -0.05) is 51.9 Å². The van der Waals surface area contributed by atoms with Crippen molar-refractivity contribution in [3.05, 3.63) is 34.4 Å². The Kier molecular flexibility index (Phi) is 9.13. The first kappa shape index (κ1) is 17.0. The van der Waals surface area contributed by atoms with Gasteiger partial charge in [-0.15, -0.1) is 11.8 Å². The lowest BCUT2D eigenvalue weighted by Gasteiger charge is -2.02. The third-order valence-corrected chi connectivity index (χ3v) is 4.30. The fraction of sp³-hybridized carbons (Fsp3) is 0.625. The van der Waals surface area contributed by atoms with Gasteiger partial charge in [0.1, 0.15) is 0 Å². The lowest BCUT2D eigenvalue weighted by atomic mass is 10.1. The lowest BCUT2D eigenvalue weighted by Crippen LogP contribution is -1.88. The zero-order valence-electron chi connectivity index (χ0n) is 12.3. The number of hydrogen-bond donors (Lipinski definition) is 0. The van der Waals surface area contributed by atoms with Crippen LogP contribution in [0.25, 0.3) is 0 Å². The van der Waals surface area contributed by atoms with E-state index in [2.05, 4.69) is 13.0 Å². The number of non-ortho nitro benzene ring substituents is 1. The predicted octanol–water partition coefficient (Wildman–Crippen LogP) is 5.63. The van der Waals surface area contributed by atoms with Crippen molar-refractivity contribution in [1.82, 2.24) is 0 Å². The summed E-state index contributed by atoms with van der Waals surface area (Å²) in [6.07, 6.45) is 10.5. The average molecular weight is 294 g/mol. The van der Waals surface area contributed by atoms with Crippen molar-refractivity contribution < 1.29 is 4.92 Å². The van der Waals surface area contributed by atoms with Crippen LogP contribution in [-0.4, -0.2) is 10.7 Å². The average Bonchev–Trinajstić information content (AvgIpc) is 2.46. The zero-order chi connectivity index (χ0) is 14.6. The molecule has 4 heteroatoms. The quantitative estimate of drug-likeness (QED) is 0.230. The number of unbranched alkanes of at least 4 members (excludes halogenated alkanes) is 7. The summed E-state index contributed by atoms with van der Waals surface area (Å²) in [6, 6.07) is 7.76. The Labute approximate surface area is 126 Å². The topological polar surface area (TPSA) is 43.1 Å². The number of nitro benzene ring substituents is 1. The van der Waals surface area contributed by atoms with Crippen molar-refractivity contribution in [3.63, 3.8) is 0 Å². The van der Waals surface area contributed by atoms with E-state index in [4.69, 9.17) is 0 Å². The normalized spacial score (nSPS) is 10.7. The summed E-state index contributed by atoms with van der Waals surface area (Å²) in [5.41, 5.74) is 0.0610. The largest absolute Gasteiger partial charge is 0.278 e. The Bertz CT molecular complexity index is 396. The monoisotopic (exact) mass is 294 g/mol. The summed E-state index contributed by atoms with van der Waals surface area (Å²) in [4.78, 5) is 11.2. The molecule has 1 radical (unpaired) electrons. The summed E-state index contributed by atoms with van der Waals surface area (Å²) in [5.74, 6) is 1.04. The molecule has 0 bridgehead atoms. The maximum Gasteiger partial charge on any atom is 0.278 e. The van der Waals surface area contributed by atoms with Gasteiger partial charge in [-0.05, 0) is 24.3 Å². The van der Waals surface area contributed by atoms with Crippen LogP contribution >= 0.6 is 11.8 Å². The zero-order valence-corrected chi connectivity index (χ0v) is 13.1. The molecule has 1 rings (SSSR count). The summed E-state index contributed by atoms with van der Waals surface area (Å²) < 4.78 is 0. The molecule has 1 aromatic carbocycles. The molecule has 0 unspecified atom stereocenters. The van der Waals surface area contributed by atoms with Gasteiger partial charge in [0.25, 0.3) is 5.69 Å². The second kappa shape index (κ2) is 10.7. The van der Waals surface area contributed by atoms with Gasteiger partial charge in [-0.2, -0.15) is 0 Å². The van der Waals surface area contributed by atoms with Crippen molar-refractivity contribution in [1.29, 1.82) is 0 Å². The molecule has 0 fully saturated rings. The van der Waals surface area contributed by atoms with Crippen LogP contribution in [0, 0.1) is 16.2 Å². The van der Waals surface area contributed by atoms with Crippen LogP contribution in [0.1, 0.15) is 58.3 Å². The Hall–Kier alpha value is -1.03. The van der Waals surface area contributed by atoms with E-state index < -0.39 is 0 Å². The highest BCUT2D eigenvalue weighted by Gasteiger charge is 2.06. The number of nitrogens with zero attached hydrogens (tertiary/aromatic N) is 1. The number of benzene rings is 1. The van der Waals surface area contributed by atoms with E-state index in [0.29, 0.717) is 0 Å². The molecule has 0 aromatic heterocycles. The molecule has 0 heterocycles. The van der Waals surface area contributed by atoms with Crippen LogP contribution in [0.2, 0.25) is 0 Å². The van der Waals surface area contributed by atoms with Crippen LogP contribution in [-0.2, 0) is 0 Å². The minimum absolute atomic E-state index is 0.0610. The van der Waals surface area contributed by atoms with E-state index in [1.165, 1.54) is 51.4 Å². The first-order valence-electron chi connectivity index (χ1n) is 7.53. The van der Waals surface area contributed by atoms with Crippen molar-refractivity contribution in [2.45, 2.75) is 63.2 Å². The van der Waals surface area contributed by atoms with Gasteiger partial charge in [0.2, 0.25) is 0 Å². The Morgan fingerprint density at radius 3 is 2.45 bits per heavy atom. The van der Waals surface area contributed by atoms with Crippen LogP contribution in [0.3, 0.4) is 0 Å². The molecule has 0 amide bonds. The van der Waals surface area contributed by atoms with Crippen LogP contribution in [0.4, 0.5) is 5.69 Å². The molecule has 1 aromatic rings. The molecule has 0 saturated carbocycles. The summed E-state index contributed by atoms with van der Waals surface area (Å²) in [6.45, 7) is 2.24. The van der Waals surface area contributed by atoms with Crippen molar-refractivity contribution in [3.8, 4) is 0 Å². The molecular formula is C16H24NO2S. The van der Waals surface area contributed by atoms with E-state index in [1.54, 1.807) is 23.9 Å². The first-order chi connectivity index (χ1) is 9.74. The Morgan fingerprint density at radius 1 is 1.15 bits per heavy atom. The van der Waals surface area contributed by atoms with Crippen LogP contribution in [0.5, 0.6) is 0 Å². The molecule has 20 heavy (non-hydrogen) atoms. The fourth-order valence-electron chi connectivity index (χ4n) is 2.05. The highest BCUT2D eigenvalue weighted by Crippen LogP contribution is 2.23. The molecule has 0 saturated heterocycles. The van der Waals surface area contributed by atoms with Gasteiger partial charge in [0, 0.05) is 11.0 Å². The lowest BCUT2D eigenvalue weighted by molar-refractivity contribution is -0.385. The van der Waals surface area contributed by atoms with E-state index in [1.807, 2.05) is 6.07 Å². The molecule has 111 valence electrons. The van der Waals surface area contributed by atoms with Crippen LogP contribution < -0.4 is 0 Å². The summed E-state index contributed by atoms with van der Waals surface area (Å²) in [7, 11) is 0. The Balaban J connectivity index is 2.06. The molecule has 0 spiro atoms. The number of thioether (sulfide) groups is 1. The van der Waals surface area contributed by atoms with Gasteiger partial charge in [0.05, 0.1) is 11.0 Å². The van der Waals surface area contributed by atoms with Gasteiger partial charge in [0.15, 0.2) is 0 Å². The van der Waals surface area contributed by atoms with E-state index >= 15 is 0 Å². The summed E-state index contributed by atoms with van der Waals surface area (Å²) in [5, 5.41) is 10.6. The molecular weight excluding hydrogens is 270 g/mol. The Morgan fingerprint density at radius 2 is 1.80 bits per heavy atom. The second-order valence-electron chi connectivity index (χ2n) is 4.99. The molecule has 0 N–H and O–H groups in total. The number of rotatable bonds is 11. The maximum absolute atomic E-state index is 10.6. The third-order valence-electron chi connectivity index (χ3n) is 3.22. The number of nitro groups is 1. The number of hydrogen-bond acceptors (Lipinski definition) is 3. The SMILES string of the molecule is CCCCCCCCCCSc1cc[c]c([N+](=O)[O-])c1. The van der Waals surface area contributed by atoms with Gasteiger partial charge < -0.3 is 0 Å². The van der Waals surface area contributed by atoms with Gasteiger partial charge >= 0.3 is 0 Å². The van der Waals surface area contributed by atoms with Gasteiger partial charge in [-0.25, -0.2) is 0 Å².